The molecule has 3 nitrogen and oxygen atoms in total. The van der Waals surface area contributed by atoms with Crippen molar-refractivity contribution in [3.05, 3.63) is 29.1 Å². The third-order valence-corrected chi connectivity index (χ3v) is 2.16. The Morgan fingerprint density at radius 3 is 2.71 bits per heavy atom. The Morgan fingerprint density at radius 2 is 2.29 bits per heavy atom. The van der Waals surface area contributed by atoms with E-state index in [1.165, 1.54) is 6.07 Å². The van der Waals surface area contributed by atoms with Gasteiger partial charge in [-0.15, -0.1) is 0 Å². The number of nitrogens with two attached hydrogens (primary N) is 1. The molecule has 1 rings (SSSR count). The van der Waals surface area contributed by atoms with Crippen LogP contribution in [-0.4, -0.2) is 11.1 Å². The van der Waals surface area contributed by atoms with Gasteiger partial charge in [0, 0.05) is 5.69 Å². The Kier molecular flexibility index (Phi) is 3.20. The van der Waals surface area contributed by atoms with Gasteiger partial charge in [-0.05, 0) is 12.1 Å². The molecular weight excluding hydrogens is 251 g/mol. The number of nitrogen functional groups attached to an aromatic ring is 1. The summed E-state index contributed by atoms with van der Waals surface area (Å²) in [6.45, 7) is 0. The quantitative estimate of drug-likeness (QED) is 0.499. The summed E-state index contributed by atoms with van der Waals surface area (Å²) in [5, 5.41) is 8.51. The molecule has 0 saturated heterocycles. The van der Waals surface area contributed by atoms with E-state index in [9.17, 15) is 9.18 Å². The summed E-state index contributed by atoms with van der Waals surface area (Å²) in [5.74, 6) is -1.20. The largest absolute Gasteiger partial charge is 0.398 e. The maximum atomic E-state index is 13.3. The first-order valence-corrected chi connectivity index (χ1v) is 4.80. The van der Waals surface area contributed by atoms with Crippen molar-refractivity contribution in [1.29, 1.82) is 5.26 Å². The van der Waals surface area contributed by atoms with Crippen molar-refractivity contribution < 1.29 is 9.18 Å². The number of anilines is 1. The van der Waals surface area contributed by atoms with E-state index in [0.717, 1.165) is 6.07 Å². The number of hydrogen-bond donors (Lipinski definition) is 1. The smallest absolute Gasteiger partial charge is 0.178 e. The molecule has 0 bridgehead atoms. The third-order valence-electron chi connectivity index (χ3n) is 1.65. The normalized spacial score (nSPS) is 9.50. The fraction of sp³-hybridized carbons (Fsp3) is 0.111. The monoisotopic (exact) mass is 256 g/mol. The Labute approximate surface area is 88.5 Å². The molecule has 0 aromatic heterocycles. The Hall–Kier alpha value is -1.41. The minimum absolute atomic E-state index is 0.0000201. The van der Waals surface area contributed by atoms with Crippen LogP contribution in [0, 0.1) is 17.1 Å². The summed E-state index contributed by atoms with van der Waals surface area (Å²) in [5.41, 5.74) is 5.37. The van der Waals surface area contributed by atoms with E-state index in [1.54, 1.807) is 6.07 Å². The van der Waals surface area contributed by atoms with Crippen molar-refractivity contribution in [2.24, 2.45) is 0 Å². The number of nitrogens with zero attached hydrogens (tertiary/aromatic N) is 1. The summed E-state index contributed by atoms with van der Waals surface area (Å²) >= 11 is 2.92. The zero-order valence-electron chi connectivity index (χ0n) is 7.05. The van der Waals surface area contributed by atoms with Crippen LogP contribution in [-0.2, 0) is 0 Å². The van der Waals surface area contributed by atoms with Crippen LogP contribution >= 0.6 is 15.9 Å². The van der Waals surface area contributed by atoms with E-state index in [-0.39, 0.29) is 22.1 Å². The van der Waals surface area contributed by atoms with Crippen molar-refractivity contribution in [1.82, 2.24) is 0 Å². The summed E-state index contributed by atoms with van der Waals surface area (Å²) < 4.78 is 13.3. The van der Waals surface area contributed by atoms with Crippen LogP contribution in [0.3, 0.4) is 0 Å². The summed E-state index contributed by atoms with van der Waals surface area (Å²) in [6, 6.07) is 4.02. The molecule has 0 saturated carbocycles. The van der Waals surface area contributed by atoms with Crippen LogP contribution < -0.4 is 5.73 Å². The van der Waals surface area contributed by atoms with Crippen molar-refractivity contribution in [2.45, 2.75) is 0 Å². The number of nitriles is 1. The van der Waals surface area contributed by atoms with Gasteiger partial charge < -0.3 is 5.73 Å². The zero-order valence-corrected chi connectivity index (χ0v) is 8.64. The molecule has 0 aliphatic heterocycles. The van der Waals surface area contributed by atoms with Gasteiger partial charge in [-0.2, -0.15) is 5.26 Å². The number of ketones is 1. The van der Waals surface area contributed by atoms with Gasteiger partial charge in [0.05, 0.1) is 22.5 Å². The first-order valence-electron chi connectivity index (χ1n) is 3.68. The fourth-order valence-electron chi connectivity index (χ4n) is 1.05. The molecule has 0 spiro atoms. The Morgan fingerprint density at radius 1 is 1.64 bits per heavy atom. The van der Waals surface area contributed by atoms with Crippen LogP contribution in [0.25, 0.3) is 0 Å². The molecule has 0 radical (unpaired) electrons. The first kappa shape index (κ1) is 10.7. The summed E-state index contributed by atoms with van der Waals surface area (Å²) in [7, 11) is 0. The van der Waals surface area contributed by atoms with Crippen LogP contribution in [0.2, 0.25) is 0 Å². The van der Waals surface area contributed by atoms with Gasteiger partial charge in [-0.25, -0.2) is 4.39 Å². The molecule has 2 N–H and O–H groups in total. The maximum absolute atomic E-state index is 13.3. The average Bonchev–Trinajstić information content (AvgIpc) is 2.16. The SMILES string of the molecule is N#Cc1cc(N)c(C(=O)CBr)c(F)c1. The van der Waals surface area contributed by atoms with E-state index in [1.807, 2.05) is 0 Å². The van der Waals surface area contributed by atoms with E-state index >= 15 is 0 Å². The molecule has 0 heterocycles. The Bertz CT molecular complexity index is 402. The van der Waals surface area contributed by atoms with Gasteiger partial charge in [-0.1, -0.05) is 15.9 Å². The van der Waals surface area contributed by atoms with Crippen molar-refractivity contribution in [2.75, 3.05) is 11.1 Å². The van der Waals surface area contributed by atoms with Gasteiger partial charge in [0.15, 0.2) is 5.78 Å². The summed E-state index contributed by atoms with van der Waals surface area (Å²) in [6.07, 6.45) is 0. The number of alkyl halides is 1. The highest BCUT2D eigenvalue weighted by Gasteiger charge is 2.15. The van der Waals surface area contributed by atoms with Crippen LogP contribution in [0.15, 0.2) is 12.1 Å². The van der Waals surface area contributed by atoms with Crippen molar-refractivity contribution >= 4 is 27.4 Å². The number of carbonyl (C=O) groups is 1. The second kappa shape index (κ2) is 4.20. The lowest BCUT2D eigenvalue weighted by Crippen LogP contribution is -2.08. The minimum Gasteiger partial charge on any atom is -0.398 e. The topological polar surface area (TPSA) is 66.9 Å². The van der Waals surface area contributed by atoms with Gasteiger partial charge >= 0.3 is 0 Å². The molecule has 0 aliphatic carbocycles. The molecule has 1 aromatic carbocycles. The maximum Gasteiger partial charge on any atom is 0.178 e. The predicted molar refractivity (Wildman–Crippen MR) is 53.7 cm³/mol. The number of halogens is 2. The zero-order chi connectivity index (χ0) is 10.7. The van der Waals surface area contributed by atoms with E-state index < -0.39 is 11.6 Å². The molecule has 72 valence electrons. The molecule has 0 fully saturated rings. The van der Waals surface area contributed by atoms with Gasteiger partial charge in [-0.3, -0.25) is 4.79 Å². The predicted octanol–water partition coefficient (Wildman–Crippen LogP) is 1.86. The van der Waals surface area contributed by atoms with E-state index in [0.29, 0.717) is 0 Å². The fourth-order valence-corrected chi connectivity index (χ4v) is 1.33. The number of carbonyl (C=O) groups excluding carboxylic acids is 1. The molecule has 5 heteroatoms. The van der Waals surface area contributed by atoms with Gasteiger partial charge in [0.1, 0.15) is 5.82 Å². The second-order valence-corrected chi connectivity index (χ2v) is 3.15. The number of hydrogen-bond acceptors (Lipinski definition) is 3. The molecule has 1 aromatic rings. The number of rotatable bonds is 2. The number of benzene rings is 1. The van der Waals surface area contributed by atoms with E-state index in [2.05, 4.69) is 15.9 Å². The minimum atomic E-state index is -0.758. The molecule has 0 amide bonds. The van der Waals surface area contributed by atoms with Crippen LogP contribution in [0.5, 0.6) is 0 Å². The lowest BCUT2D eigenvalue weighted by Gasteiger charge is -2.04. The lowest BCUT2D eigenvalue weighted by atomic mass is 10.1. The molecule has 0 aliphatic rings. The highest BCUT2D eigenvalue weighted by molar-refractivity contribution is 9.09. The highest BCUT2D eigenvalue weighted by atomic mass is 79.9. The van der Waals surface area contributed by atoms with Crippen LogP contribution in [0.4, 0.5) is 10.1 Å². The lowest BCUT2D eigenvalue weighted by molar-refractivity contribution is 0.102. The standard InChI is InChI=1S/C9H6BrFN2O/c10-3-8(14)9-6(11)1-5(4-12)2-7(9)13/h1-2H,3,13H2. The molecule has 0 atom stereocenters. The second-order valence-electron chi connectivity index (χ2n) is 2.59. The third kappa shape index (κ3) is 1.91. The van der Waals surface area contributed by atoms with Crippen LogP contribution in [0.1, 0.15) is 15.9 Å². The number of Topliss-reactive ketones (excluding diaryl/α,β-unsaturated/α-hetero) is 1. The molecular formula is C9H6BrFN2O. The van der Waals surface area contributed by atoms with Gasteiger partial charge in [0.2, 0.25) is 0 Å². The molecule has 14 heavy (non-hydrogen) atoms. The van der Waals surface area contributed by atoms with Crippen molar-refractivity contribution in [3.8, 4) is 6.07 Å². The molecule has 0 unspecified atom stereocenters. The highest BCUT2D eigenvalue weighted by Crippen LogP contribution is 2.19. The summed E-state index contributed by atoms with van der Waals surface area (Å²) in [4.78, 5) is 11.2. The van der Waals surface area contributed by atoms with Gasteiger partial charge in [0.25, 0.3) is 0 Å². The first-order chi connectivity index (χ1) is 6.60. The average molecular weight is 257 g/mol. The Balaban J connectivity index is 3.34. The van der Waals surface area contributed by atoms with E-state index in [4.69, 9.17) is 11.0 Å². The van der Waals surface area contributed by atoms with Crippen molar-refractivity contribution in [3.63, 3.8) is 0 Å².